The number of thiazole rings is 1. The molecule has 1 aromatic heterocycles. The molecule has 43 heavy (non-hydrogen) atoms. The van der Waals surface area contributed by atoms with Crippen molar-refractivity contribution in [2.24, 2.45) is 5.84 Å². The summed E-state index contributed by atoms with van der Waals surface area (Å²) in [6.45, 7) is 7.05. The quantitative estimate of drug-likeness (QED) is 0.166. The monoisotopic (exact) mass is 619 g/mol. The number of carbonyl (C=O) groups excluding carboxylic acids is 2. The molecule has 0 aliphatic heterocycles. The summed E-state index contributed by atoms with van der Waals surface area (Å²) >= 11 is 1.26. The topological polar surface area (TPSA) is 125 Å². The van der Waals surface area contributed by atoms with Crippen LogP contribution in [-0.4, -0.2) is 48.9 Å². The highest BCUT2D eigenvalue weighted by atomic mass is 32.1. The van der Waals surface area contributed by atoms with E-state index < -0.39 is 17.6 Å². The largest absolute Gasteiger partial charge is 0.494 e. The molecular weight excluding hydrogens is 583 g/mol. The van der Waals surface area contributed by atoms with Crippen LogP contribution in [0.2, 0.25) is 0 Å². The Balaban J connectivity index is 1.96. The maximum atomic E-state index is 13.7. The molecule has 3 rings (SSSR count). The van der Waals surface area contributed by atoms with Crippen LogP contribution >= 0.6 is 11.3 Å². The van der Waals surface area contributed by atoms with Crippen LogP contribution in [0.25, 0.3) is 5.70 Å². The van der Waals surface area contributed by atoms with Crippen LogP contribution in [0.4, 0.5) is 29.7 Å². The highest BCUT2D eigenvalue weighted by Crippen LogP contribution is 2.38. The minimum absolute atomic E-state index is 0.0138. The van der Waals surface area contributed by atoms with Crippen LogP contribution in [0, 0.1) is 6.92 Å². The van der Waals surface area contributed by atoms with Crippen molar-refractivity contribution in [3.05, 3.63) is 69.9 Å². The Morgan fingerprint density at radius 3 is 2.44 bits per heavy atom. The number of halogens is 3. The maximum Gasteiger partial charge on any atom is 0.416 e. The van der Waals surface area contributed by atoms with Crippen molar-refractivity contribution in [2.45, 2.75) is 46.5 Å². The van der Waals surface area contributed by atoms with Gasteiger partial charge in [-0.05, 0) is 36.8 Å². The van der Waals surface area contributed by atoms with Crippen LogP contribution in [-0.2, 0) is 17.5 Å². The van der Waals surface area contributed by atoms with Gasteiger partial charge in [0, 0.05) is 57.1 Å². The predicted octanol–water partition coefficient (Wildman–Crippen LogP) is 5.43. The van der Waals surface area contributed by atoms with E-state index in [1.165, 1.54) is 30.4 Å². The van der Waals surface area contributed by atoms with Gasteiger partial charge in [0.05, 0.1) is 34.6 Å². The number of aromatic nitrogens is 1. The molecule has 232 valence electrons. The molecule has 0 atom stereocenters. The number of hydrogen-bond donors (Lipinski definition) is 4. The van der Waals surface area contributed by atoms with E-state index >= 15 is 0 Å². The summed E-state index contributed by atoms with van der Waals surface area (Å²) in [7, 11) is 4.98. The number of aryl methyl sites for hydroxylation is 1. The lowest BCUT2D eigenvalue weighted by Gasteiger charge is -2.22. The van der Waals surface area contributed by atoms with Gasteiger partial charge in [0.1, 0.15) is 5.75 Å². The van der Waals surface area contributed by atoms with Gasteiger partial charge in [0.25, 0.3) is 5.91 Å². The number of nitrogens with two attached hydrogens (primary N) is 1. The lowest BCUT2D eigenvalue weighted by molar-refractivity contribution is -0.137. The summed E-state index contributed by atoms with van der Waals surface area (Å²) in [5.74, 6) is 5.68. The first-order valence-electron chi connectivity index (χ1n) is 13.2. The molecular formula is C29H36F3N7O3S. The fourth-order valence-electron chi connectivity index (χ4n) is 4.06. The van der Waals surface area contributed by atoms with E-state index in [1.54, 1.807) is 30.6 Å². The van der Waals surface area contributed by atoms with Crippen LogP contribution in [0.1, 0.15) is 52.7 Å². The Kier molecular flexibility index (Phi) is 10.8. The molecule has 1 heterocycles. The first kappa shape index (κ1) is 33.4. The van der Waals surface area contributed by atoms with Gasteiger partial charge in [0.2, 0.25) is 5.91 Å². The highest BCUT2D eigenvalue weighted by Gasteiger charge is 2.33. The molecule has 14 heteroatoms. The number of rotatable bonds is 11. The molecule has 2 amide bonds. The van der Waals surface area contributed by atoms with Crippen molar-refractivity contribution >= 4 is 45.4 Å². The van der Waals surface area contributed by atoms with Crippen molar-refractivity contribution in [3.8, 4) is 5.75 Å². The molecule has 10 nitrogen and oxygen atoms in total. The zero-order valence-corrected chi connectivity index (χ0v) is 25.8. The van der Waals surface area contributed by atoms with Gasteiger partial charge < -0.3 is 25.6 Å². The van der Waals surface area contributed by atoms with Crippen LogP contribution in [0.15, 0.2) is 42.7 Å². The highest BCUT2D eigenvalue weighted by molar-refractivity contribution is 7.16. The second kappa shape index (κ2) is 13.9. The third-order valence-corrected chi connectivity index (χ3v) is 7.12. The Hall–Kier alpha value is -4.14. The molecule has 0 aliphatic carbocycles. The van der Waals surface area contributed by atoms with E-state index in [9.17, 15) is 22.8 Å². The number of hydrazine groups is 1. The molecule has 2 aromatic carbocycles. The molecule has 5 N–H and O–H groups in total. The summed E-state index contributed by atoms with van der Waals surface area (Å²) in [6.07, 6.45) is -1.37. The number of benzene rings is 2. The van der Waals surface area contributed by atoms with Gasteiger partial charge in [-0.25, -0.2) is 10.8 Å². The minimum atomic E-state index is -4.63. The van der Waals surface area contributed by atoms with Gasteiger partial charge in [0.15, 0.2) is 5.13 Å². The number of alkyl halides is 3. The Morgan fingerprint density at radius 2 is 1.86 bits per heavy atom. The second-order valence-electron chi connectivity index (χ2n) is 10.2. The lowest BCUT2D eigenvalue weighted by atomic mass is 10.1. The zero-order chi connectivity index (χ0) is 32.1. The Bertz CT molecular complexity index is 1500. The molecule has 0 spiro atoms. The smallest absolute Gasteiger partial charge is 0.416 e. The van der Waals surface area contributed by atoms with E-state index in [-0.39, 0.29) is 41.1 Å². The first-order valence-corrected chi connectivity index (χ1v) is 14.0. The van der Waals surface area contributed by atoms with E-state index in [0.717, 1.165) is 22.6 Å². The van der Waals surface area contributed by atoms with Gasteiger partial charge in [-0.1, -0.05) is 31.3 Å². The second-order valence-corrected chi connectivity index (χ2v) is 11.3. The molecule has 0 saturated carbocycles. The van der Waals surface area contributed by atoms with Crippen LogP contribution in [0.5, 0.6) is 5.75 Å². The SMILES string of the molecule is COc1c(CNC(C)C)cc(C(F)(F)F)cc1NC(=O)c1ccc(C)c(N(N)/C=C(/c2cnc(NC(C)=O)s2)N(C)C)c1. The lowest BCUT2D eigenvalue weighted by Crippen LogP contribution is -2.28. The summed E-state index contributed by atoms with van der Waals surface area (Å²) in [4.78, 5) is 31.5. The predicted molar refractivity (Wildman–Crippen MR) is 164 cm³/mol. The van der Waals surface area contributed by atoms with Crippen molar-refractivity contribution in [2.75, 3.05) is 36.8 Å². The number of nitrogens with one attached hydrogen (secondary N) is 3. The standard InChI is InChI=1S/C29H36F3N7O3S/c1-16(2)34-13-20-10-21(29(30,31)32)12-22(26(20)42-7)37-27(41)19-9-8-17(3)23(11-19)39(33)15-24(38(5)6)25-14-35-28(43-25)36-18(4)40/h8-12,14-16,34H,13,33H2,1-7H3,(H,37,41)(H,35,36,40)/b24-15-. The zero-order valence-electron chi connectivity index (χ0n) is 25.0. The van der Waals surface area contributed by atoms with Crippen LogP contribution < -0.4 is 31.5 Å². The maximum absolute atomic E-state index is 13.7. The summed E-state index contributed by atoms with van der Waals surface area (Å²) in [5, 5.41) is 10.1. The number of nitrogens with zero attached hydrogens (tertiary/aromatic N) is 3. The number of methoxy groups -OCH3 is 1. The number of hydrogen-bond acceptors (Lipinski definition) is 9. The third kappa shape index (κ3) is 8.69. The molecule has 0 saturated heterocycles. The normalized spacial score (nSPS) is 11.9. The van der Waals surface area contributed by atoms with Crippen molar-refractivity contribution in [1.82, 2.24) is 15.2 Å². The van der Waals surface area contributed by atoms with E-state index in [0.29, 0.717) is 16.5 Å². The summed E-state index contributed by atoms with van der Waals surface area (Å²) < 4.78 is 46.7. The van der Waals surface area contributed by atoms with Crippen LogP contribution in [0.3, 0.4) is 0 Å². The van der Waals surface area contributed by atoms with Gasteiger partial charge in [-0.2, -0.15) is 13.2 Å². The third-order valence-electron chi connectivity index (χ3n) is 6.18. The van der Waals surface area contributed by atoms with Crippen molar-refractivity contribution in [3.63, 3.8) is 0 Å². The van der Waals surface area contributed by atoms with Crippen molar-refractivity contribution < 1.29 is 27.5 Å². The van der Waals surface area contributed by atoms with Gasteiger partial charge in [-0.3, -0.25) is 14.6 Å². The summed E-state index contributed by atoms with van der Waals surface area (Å²) in [5.41, 5.74) is 1.32. The van der Waals surface area contributed by atoms with Crippen molar-refractivity contribution in [1.29, 1.82) is 0 Å². The number of anilines is 3. The van der Waals surface area contributed by atoms with E-state index in [4.69, 9.17) is 10.6 Å². The molecule has 0 radical (unpaired) electrons. The van der Waals surface area contributed by atoms with Gasteiger partial charge >= 0.3 is 6.18 Å². The average Bonchev–Trinajstić information content (AvgIpc) is 3.36. The fourth-order valence-corrected chi connectivity index (χ4v) is 5.01. The number of amides is 2. The number of ether oxygens (including phenoxy) is 1. The molecule has 0 aliphatic rings. The Labute approximate surface area is 252 Å². The average molecular weight is 620 g/mol. The first-order chi connectivity index (χ1) is 20.1. The van der Waals surface area contributed by atoms with E-state index in [1.807, 2.05) is 39.8 Å². The molecule has 3 aromatic rings. The Morgan fingerprint density at radius 1 is 1.16 bits per heavy atom. The van der Waals surface area contributed by atoms with E-state index in [2.05, 4.69) is 20.9 Å². The molecule has 0 bridgehead atoms. The molecule has 0 unspecified atom stereocenters. The van der Waals surface area contributed by atoms with Gasteiger partial charge in [-0.15, -0.1) is 0 Å². The molecule has 0 fully saturated rings. The number of carbonyl (C=O) groups is 2. The minimum Gasteiger partial charge on any atom is -0.494 e. The summed E-state index contributed by atoms with van der Waals surface area (Å²) in [6, 6.07) is 6.68. The fraction of sp³-hybridized carbons (Fsp3) is 0.345.